The summed E-state index contributed by atoms with van der Waals surface area (Å²) in [5, 5.41) is 3.49. The molecule has 2 heterocycles. The van der Waals surface area contributed by atoms with Gasteiger partial charge in [-0.3, -0.25) is 4.90 Å². The van der Waals surface area contributed by atoms with Gasteiger partial charge in [-0.1, -0.05) is 12.1 Å². The van der Waals surface area contributed by atoms with E-state index in [0.29, 0.717) is 0 Å². The molecule has 1 aromatic rings. The molecule has 3 rings (SSSR count). The zero-order chi connectivity index (χ0) is 15.1. The van der Waals surface area contributed by atoms with Gasteiger partial charge in [0.2, 0.25) is 0 Å². The fraction of sp³-hybridized carbons (Fsp3) is 0.667. The quantitative estimate of drug-likeness (QED) is 0.902. The molecule has 21 heavy (non-hydrogen) atoms. The summed E-state index contributed by atoms with van der Waals surface area (Å²) >= 11 is 0. The van der Waals surface area contributed by atoms with E-state index in [1.54, 1.807) is 0 Å². The zero-order valence-corrected chi connectivity index (χ0v) is 13.8. The van der Waals surface area contributed by atoms with Gasteiger partial charge in [0.15, 0.2) is 0 Å². The van der Waals surface area contributed by atoms with Crippen molar-refractivity contribution >= 4 is 5.69 Å². The predicted octanol–water partition coefficient (Wildman–Crippen LogP) is 3.43. The molecule has 0 amide bonds. The van der Waals surface area contributed by atoms with Gasteiger partial charge in [0, 0.05) is 31.9 Å². The van der Waals surface area contributed by atoms with Crippen molar-refractivity contribution in [3.8, 4) is 0 Å². The van der Waals surface area contributed by atoms with Crippen molar-refractivity contribution in [2.75, 3.05) is 25.0 Å². The van der Waals surface area contributed by atoms with Crippen LogP contribution < -0.4 is 5.32 Å². The number of nitrogens with one attached hydrogen (secondary N) is 1. The van der Waals surface area contributed by atoms with Crippen molar-refractivity contribution in [1.29, 1.82) is 0 Å². The Morgan fingerprint density at radius 3 is 2.57 bits per heavy atom. The minimum Gasteiger partial charge on any atom is -0.385 e. The number of aryl methyl sites for hydroxylation is 1. The average molecular weight is 288 g/mol. The highest BCUT2D eigenvalue weighted by atomic mass is 16.5. The van der Waals surface area contributed by atoms with Crippen LogP contribution in [0.4, 0.5) is 5.69 Å². The third-order valence-electron chi connectivity index (χ3n) is 4.28. The van der Waals surface area contributed by atoms with Crippen molar-refractivity contribution in [2.45, 2.75) is 58.3 Å². The van der Waals surface area contributed by atoms with E-state index in [0.717, 1.165) is 26.2 Å². The largest absolute Gasteiger partial charge is 0.385 e. The third-order valence-corrected chi connectivity index (χ3v) is 4.28. The van der Waals surface area contributed by atoms with Crippen molar-refractivity contribution in [2.24, 2.45) is 0 Å². The van der Waals surface area contributed by atoms with E-state index in [2.05, 4.69) is 56.1 Å². The van der Waals surface area contributed by atoms with Crippen LogP contribution in [-0.2, 0) is 17.7 Å². The molecule has 0 aromatic heterocycles. The van der Waals surface area contributed by atoms with Crippen molar-refractivity contribution in [1.82, 2.24) is 4.90 Å². The minimum atomic E-state index is -0.0719. The second-order valence-corrected chi connectivity index (χ2v) is 7.79. The van der Waals surface area contributed by atoms with Crippen LogP contribution in [0.25, 0.3) is 0 Å². The Morgan fingerprint density at radius 1 is 1.14 bits per heavy atom. The SMILES string of the molecule is CC1(C)CN(Cc2ccc3c(c2)CCCN3)CC(C)(C)O1. The summed E-state index contributed by atoms with van der Waals surface area (Å²) in [6.07, 6.45) is 2.45. The first-order chi connectivity index (χ1) is 9.83. The molecule has 0 spiro atoms. The first kappa shape index (κ1) is 14.9. The summed E-state index contributed by atoms with van der Waals surface area (Å²) in [4.78, 5) is 2.53. The zero-order valence-electron chi connectivity index (χ0n) is 13.8. The number of ether oxygens (including phenoxy) is 1. The normalized spacial score (nSPS) is 24.2. The van der Waals surface area contributed by atoms with E-state index in [1.807, 2.05) is 0 Å². The smallest absolute Gasteiger partial charge is 0.0760 e. The predicted molar refractivity (Wildman–Crippen MR) is 87.8 cm³/mol. The lowest BCUT2D eigenvalue weighted by Crippen LogP contribution is -2.56. The van der Waals surface area contributed by atoms with Crippen LogP contribution in [0.15, 0.2) is 18.2 Å². The maximum Gasteiger partial charge on any atom is 0.0760 e. The van der Waals surface area contributed by atoms with Gasteiger partial charge in [-0.2, -0.15) is 0 Å². The number of anilines is 1. The van der Waals surface area contributed by atoms with E-state index in [-0.39, 0.29) is 11.2 Å². The summed E-state index contributed by atoms with van der Waals surface area (Å²) < 4.78 is 6.17. The van der Waals surface area contributed by atoms with E-state index < -0.39 is 0 Å². The second-order valence-electron chi connectivity index (χ2n) is 7.79. The average Bonchev–Trinajstić information content (AvgIpc) is 2.34. The fourth-order valence-electron chi connectivity index (χ4n) is 3.94. The van der Waals surface area contributed by atoms with Crippen LogP contribution in [0.3, 0.4) is 0 Å². The Hall–Kier alpha value is -1.06. The standard InChI is InChI=1S/C18H28N2O/c1-17(2)12-20(13-18(3,4)21-17)11-14-7-8-16-15(10-14)6-5-9-19-16/h7-8,10,19H,5-6,9,11-13H2,1-4H3. The molecule has 0 unspecified atom stereocenters. The van der Waals surface area contributed by atoms with Gasteiger partial charge in [0.25, 0.3) is 0 Å². The van der Waals surface area contributed by atoms with Gasteiger partial charge in [-0.15, -0.1) is 0 Å². The van der Waals surface area contributed by atoms with Crippen molar-refractivity contribution < 1.29 is 4.74 Å². The molecule has 0 radical (unpaired) electrons. The van der Waals surface area contributed by atoms with E-state index >= 15 is 0 Å². The molecular formula is C18H28N2O. The van der Waals surface area contributed by atoms with E-state index in [9.17, 15) is 0 Å². The molecule has 0 saturated carbocycles. The van der Waals surface area contributed by atoms with Crippen molar-refractivity contribution in [3.05, 3.63) is 29.3 Å². The lowest BCUT2D eigenvalue weighted by molar-refractivity contribution is -0.182. The van der Waals surface area contributed by atoms with Gasteiger partial charge >= 0.3 is 0 Å². The van der Waals surface area contributed by atoms with Crippen LogP contribution in [0.1, 0.15) is 45.2 Å². The van der Waals surface area contributed by atoms with Crippen LogP contribution in [0, 0.1) is 0 Å². The molecule has 3 heteroatoms. The van der Waals surface area contributed by atoms with Gasteiger partial charge in [-0.05, 0) is 57.7 Å². The first-order valence-electron chi connectivity index (χ1n) is 8.11. The number of rotatable bonds is 2. The Bertz CT molecular complexity index is 506. The summed E-state index contributed by atoms with van der Waals surface area (Å²) in [6.45, 7) is 12.9. The molecule has 2 aliphatic rings. The monoisotopic (exact) mass is 288 g/mol. The van der Waals surface area contributed by atoms with Crippen LogP contribution in [0.5, 0.6) is 0 Å². The molecular weight excluding hydrogens is 260 g/mol. The van der Waals surface area contributed by atoms with E-state index in [1.165, 1.54) is 29.7 Å². The van der Waals surface area contributed by atoms with Crippen LogP contribution >= 0.6 is 0 Å². The van der Waals surface area contributed by atoms with Crippen molar-refractivity contribution in [3.63, 3.8) is 0 Å². The number of hydrogen-bond acceptors (Lipinski definition) is 3. The number of hydrogen-bond donors (Lipinski definition) is 1. The summed E-state index contributed by atoms with van der Waals surface area (Å²) in [5.41, 5.74) is 4.08. The Morgan fingerprint density at radius 2 is 1.86 bits per heavy atom. The molecule has 3 nitrogen and oxygen atoms in total. The highest BCUT2D eigenvalue weighted by molar-refractivity contribution is 5.54. The number of fused-ring (bicyclic) bond motifs is 1. The van der Waals surface area contributed by atoms with Gasteiger partial charge in [0.1, 0.15) is 0 Å². The maximum atomic E-state index is 6.17. The number of benzene rings is 1. The highest BCUT2D eigenvalue weighted by Crippen LogP contribution is 2.30. The molecule has 0 aliphatic carbocycles. The minimum absolute atomic E-state index is 0.0719. The summed E-state index contributed by atoms with van der Waals surface area (Å²) in [5.74, 6) is 0. The van der Waals surface area contributed by atoms with E-state index in [4.69, 9.17) is 4.74 Å². The second kappa shape index (κ2) is 5.29. The fourth-order valence-corrected chi connectivity index (χ4v) is 3.94. The third kappa shape index (κ3) is 3.58. The molecule has 1 aromatic carbocycles. The lowest BCUT2D eigenvalue weighted by Gasteiger charge is -2.47. The first-order valence-corrected chi connectivity index (χ1v) is 8.11. The number of morpholine rings is 1. The number of nitrogens with zero attached hydrogens (tertiary/aromatic N) is 1. The van der Waals surface area contributed by atoms with Crippen LogP contribution in [-0.4, -0.2) is 35.7 Å². The molecule has 1 N–H and O–H groups in total. The summed E-state index contributed by atoms with van der Waals surface area (Å²) in [7, 11) is 0. The van der Waals surface area contributed by atoms with Gasteiger partial charge in [0.05, 0.1) is 11.2 Å². The Kier molecular flexibility index (Phi) is 3.74. The molecule has 1 fully saturated rings. The molecule has 1 saturated heterocycles. The van der Waals surface area contributed by atoms with Gasteiger partial charge < -0.3 is 10.1 Å². The molecule has 116 valence electrons. The summed E-state index contributed by atoms with van der Waals surface area (Å²) in [6, 6.07) is 6.91. The van der Waals surface area contributed by atoms with Gasteiger partial charge in [-0.25, -0.2) is 0 Å². The molecule has 0 atom stereocenters. The maximum absolute atomic E-state index is 6.17. The lowest BCUT2D eigenvalue weighted by atomic mass is 9.97. The topological polar surface area (TPSA) is 24.5 Å². The highest BCUT2D eigenvalue weighted by Gasteiger charge is 2.37. The molecule has 0 bridgehead atoms. The molecule has 2 aliphatic heterocycles. The van der Waals surface area contributed by atoms with Crippen LogP contribution in [0.2, 0.25) is 0 Å². The Labute approximate surface area is 128 Å². The Balaban J connectivity index is 1.74.